The van der Waals surface area contributed by atoms with Gasteiger partial charge in [-0.15, -0.1) is 0 Å². The summed E-state index contributed by atoms with van der Waals surface area (Å²) >= 11 is 5.82. The van der Waals surface area contributed by atoms with E-state index in [1.165, 1.54) is 27.8 Å². The number of alkyl halides is 1. The van der Waals surface area contributed by atoms with Crippen molar-refractivity contribution < 1.29 is 9.50 Å². The molecule has 3 rings (SSSR count). The Morgan fingerprint density at radius 1 is 1.32 bits per heavy atom. The van der Waals surface area contributed by atoms with E-state index >= 15 is 0 Å². The number of hydrogen-bond acceptors (Lipinski definition) is 4. The standard InChI is InChI=1S/C11H9ClFN5O/c12-9-1-2-10-15-4-8(18(10)16-9)11(19)7-3-14-6-17(7)5-13/h1-4,6,11,19H,5H2. The van der Waals surface area contributed by atoms with Crippen molar-refractivity contribution in [2.24, 2.45) is 0 Å². The number of rotatable bonds is 3. The third-order valence-corrected chi connectivity index (χ3v) is 2.99. The number of hydrogen-bond donors (Lipinski definition) is 1. The Morgan fingerprint density at radius 2 is 2.16 bits per heavy atom. The molecule has 0 saturated heterocycles. The molecule has 0 aliphatic rings. The second-order valence-corrected chi connectivity index (χ2v) is 4.31. The molecule has 0 bridgehead atoms. The first-order chi connectivity index (χ1) is 9.20. The van der Waals surface area contributed by atoms with Crippen molar-refractivity contribution in [3.05, 3.63) is 47.4 Å². The van der Waals surface area contributed by atoms with E-state index in [0.29, 0.717) is 17.0 Å². The van der Waals surface area contributed by atoms with Gasteiger partial charge in [-0.3, -0.25) is 0 Å². The van der Waals surface area contributed by atoms with E-state index in [-0.39, 0.29) is 5.15 Å². The van der Waals surface area contributed by atoms with Crippen molar-refractivity contribution in [1.82, 2.24) is 24.1 Å². The van der Waals surface area contributed by atoms with Crippen LogP contribution in [0.25, 0.3) is 5.65 Å². The first-order valence-electron chi connectivity index (χ1n) is 5.45. The Morgan fingerprint density at radius 3 is 2.95 bits per heavy atom. The van der Waals surface area contributed by atoms with Crippen molar-refractivity contribution in [3.63, 3.8) is 0 Å². The molecule has 3 aromatic rings. The molecule has 0 aliphatic carbocycles. The lowest BCUT2D eigenvalue weighted by molar-refractivity contribution is 0.196. The Hall–Kier alpha value is -1.99. The predicted molar refractivity (Wildman–Crippen MR) is 65.4 cm³/mol. The van der Waals surface area contributed by atoms with Gasteiger partial charge >= 0.3 is 0 Å². The highest BCUT2D eigenvalue weighted by atomic mass is 35.5. The summed E-state index contributed by atoms with van der Waals surface area (Å²) in [6.07, 6.45) is 3.09. The van der Waals surface area contributed by atoms with Crippen LogP contribution >= 0.6 is 11.6 Å². The maximum atomic E-state index is 12.8. The van der Waals surface area contributed by atoms with Crippen LogP contribution in [0.3, 0.4) is 0 Å². The molecule has 19 heavy (non-hydrogen) atoms. The van der Waals surface area contributed by atoms with E-state index in [1.807, 2.05) is 0 Å². The van der Waals surface area contributed by atoms with Gasteiger partial charge in [0.1, 0.15) is 11.3 Å². The number of imidazole rings is 2. The van der Waals surface area contributed by atoms with Crippen LogP contribution in [0.5, 0.6) is 0 Å². The third-order valence-electron chi connectivity index (χ3n) is 2.79. The minimum absolute atomic E-state index is 0.276. The van der Waals surface area contributed by atoms with Crippen LogP contribution in [0.15, 0.2) is 30.9 Å². The molecule has 0 saturated carbocycles. The number of halogens is 2. The average Bonchev–Trinajstić information content (AvgIpc) is 3.03. The van der Waals surface area contributed by atoms with E-state index in [2.05, 4.69) is 15.1 Å². The summed E-state index contributed by atoms with van der Waals surface area (Å²) in [5.74, 6) is 0. The lowest BCUT2D eigenvalue weighted by atomic mass is 10.2. The molecule has 1 atom stereocenters. The summed E-state index contributed by atoms with van der Waals surface area (Å²) in [6, 6.07) is 3.28. The van der Waals surface area contributed by atoms with Gasteiger partial charge in [-0.25, -0.2) is 18.9 Å². The van der Waals surface area contributed by atoms with Crippen molar-refractivity contribution in [1.29, 1.82) is 0 Å². The summed E-state index contributed by atoms with van der Waals surface area (Å²) in [6.45, 7) is -0.767. The quantitative estimate of drug-likeness (QED) is 0.791. The van der Waals surface area contributed by atoms with Crippen LogP contribution in [0.1, 0.15) is 17.5 Å². The monoisotopic (exact) mass is 281 g/mol. The minimum Gasteiger partial charge on any atom is -0.380 e. The molecule has 0 spiro atoms. The topological polar surface area (TPSA) is 68.2 Å². The van der Waals surface area contributed by atoms with E-state index in [0.717, 1.165) is 0 Å². The summed E-state index contributed by atoms with van der Waals surface area (Å²) in [7, 11) is 0. The van der Waals surface area contributed by atoms with Crippen molar-refractivity contribution >= 4 is 17.2 Å². The first-order valence-corrected chi connectivity index (χ1v) is 5.82. The van der Waals surface area contributed by atoms with Gasteiger partial charge in [0.25, 0.3) is 0 Å². The number of aromatic nitrogens is 5. The van der Waals surface area contributed by atoms with Crippen LogP contribution in [-0.2, 0) is 6.80 Å². The smallest absolute Gasteiger partial charge is 0.166 e. The zero-order chi connectivity index (χ0) is 13.4. The Balaban J connectivity index is 2.11. The highest BCUT2D eigenvalue weighted by Gasteiger charge is 2.20. The molecule has 98 valence electrons. The van der Waals surface area contributed by atoms with Gasteiger partial charge in [-0.1, -0.05) is 11.6 Å². The van der Waals surface area contributed by atoms with Gasteiger partial charge in [0, 0.05) is 0 Å². The maximum Gasteiger partial charge on any atom is 0.166 e. The predicted octanol–water partition coefficient (Wildman–Crippen LogP) is 1.59. The second-order valence-electron chi connectivity index (χ2n) is 3.92. The molecule has 8 heteroatoms. The first kappa shape index (κ1) is 12.1. The molecular weight excluding hydrogens is 273 g/mol. The van der Waals surface area contributed by atoms with E-state index in [9.17, 15) is 9.50 Å². The normalized spacial score (nSPS) is 13.0. The van der Waals surface area contributed by atoms with Crippen LogP contribution < -0.4 is 0 Å². The van der Waals surface area contributed by atoms with Crippen molar-refractivity contribution in [3.8, 4) is 0 Å². The fourth-order valence-electron chi connectivity index (χ4n) is 1.87. The van der Waals surface area contributed by atoms with Crippen LogP contribution in [0.2, 0.25) is 5.15 Å². The third kappa shape index (κ3) is 1.96. The molecular formula is C11H9ClFN5O. The summed E-state index contributed by atoms with van der Waals surface area (Å²) in [5.41, 5.74) is 1.27. The Labute approximate surface area is 112 Å². The molecule has 1 unspecified atom stereocenters. The second kappa shape index (κ2) is 4.60. The molecule has 1 N–H and O–H groups in total. The van der Waals surface area contributed by atoms with Crippen molar-refractivity contribution in [2.45, 2.75) is 12.9 Å². The van der Waals surface area contributed by atoms with Crippen molar-refractivity contribution in [2.75, 3.05) is 0 Å². The molecule has 0 fully saturated rings. The van der Waals surface area contributed by atoms with Crippen LogP contribution in [0.4, 0.5) is 4.39 Å². The van der Waals surface area contributed by atoms with Gasteiger partial charge < -0.3 is 9.67 Å². The highest BCUT2D eigenvalue weighted by Crippen LogP contribution is 2.22. The molecule has 3 aromatic heterocycles. The van der Waals surface area contributed by atoms with E-state index < -0.39 is 12.9 Å². The largest absolute Gasteiger partial charge is 0.380 e. The lowest BCUT2D eigenvalue weighted by Gasteiger charge is -2.11. The molecule has 0 amide bonds. The summed E-state index contributed by atoms with van der Waals surface area (Å²) in [4.78, 5) is 7.91. The number of nitrogens with zero attached hydrogens (tertiary/aromatic N) is 5. The zero-order valence-electron chi connectivity index (χ0n) is 9.61. The zero-order valence-corrected chi connectivity index (χ0v) is 10.4. The van der Waals surface area contributed by atoms with Gasteiger partial charge in [0.2, 0.25) is 0 Å². The summed E-state index contributed by atoms with van der Waals surface area (Å²) < 4.78 is 15.4. The number of fused-ring (bicyclic) bond motifs is 1. The molecule has 0 aliphatic heterocycles. The number of aliphatic hydroxyl groups excluding tert-OH is 1. The number of aliphatic hydroxyl groups is 1. The van der Waals surface area contributed by atoms with Gasteiger partial charge in [-0.05, 0) is 12.1 Å². The Bertz CT molecular complexity index is 725. The highest BCUT2D eigenvalue weighted by molar-refractivity contribution is 6.29. The summed E-state index contributed by atoms with van der Waals surface area (Å²) in [5, 5.41) is 14.6. The average molecular weight is 282 g/mol. The molecule has 0 aromatic carbocycles. The molecule has 6 nitrogen and oxygen atoms in total. The fraction of sp³-hybridized carbons (Fsp3) is 0.182. The molecule has 0 radical (unpaired) electrons. The fourth-order valence-corrected chi connectivity index (χ4v) is 2.00. The van der Waals surface area contributed by atoms with E-state index in [1.54, 1.807) is 12.1 Å². The van der Waals surface area contributed by atoms with Gasteiger partial charge in [-0.2, -0.15) is 5.10 Å². The van der Waals surface area contributed by atoms with Gasteiger partial charge in [0.15, 0.2) is 12.4 Å². The minimum atomic E-state index is -1.08. The lowest BCUT2D eigenvalue weighted by Crippen LogP contribution is -2.10. The maximum absolute atomic E-state index is 12.8. The van der Waals surface area contributed by atoms with Gasteiger partial charge in [0.05, 0.1) is 30.1 Å². The van der Waals surface area contributed by atoms with Crippen LogP contribution in [0, 0.1) is 0 Å². The van der Waals surface area contributed by atoms with E-state index in [4.69, 9.17) is 11.6 Å². The Kier molecular flexibility index (Phi) is 2.92. The van der Waals surface area contributed by atoms with Crippen LogP contribution in [-0.4, -0.2) is 29.3 Å². The SMILES string of the molecule is OC(c1cncn1CF)c1cnc2ccc(Cl)nn12. The molecule has 3 heterocycles.